The first kappa shape index (κ1) is 17.0. The molecule has 0 aromatic heterocycles. The summed E-state index contributed by atoms with van der Waals surface area (Å²) in [6.45, 7) is 3.69. The summed E-state index contributed by atoms with van der Waals surface area (Å²) >= 11 is 0. The number of rotatable bonds is 7. The van der Waals surface area contributed by atoms with Crippen molar-refractivity contribution in [2.24, 2.45) is 5.73 Å². The lowest BCUT2D eigenvalue weighted by molar-refractivity contribution is 0.474. The lowest BCUT2D eigenvalue weighted by atomic mass is 10.1. The fourth-order valence-corrected chi connectivity index (χ4v) is 3.40. The Labute approximate surface area is 118 Å². The van der Waals surface area contributed by atoms with Crippen molar-refractivity contribution in [2.75, 3.05) is 0 Å². The second-order valence-corrected chi connectivity index (χ2v) is 6.29. The zero-order chi connectivity index (χ0) is 15.3. The molecule has 0 bridgehead atoms. The van der Waals surface area contributed by atoms with E-state index in [1.807, 2.05) is 13.8 Å². The predicted octanol–water partition coefficient (Wildman–Crippen LogP) is 2.28. The summed E-state index contributed by atoms with van der Waals surface area (Å²) in [7, 11) is -4.10. The average molecular weight is 306 g/mol. The van der Waals surface area contributed by atoms with Crippen LogP contribution in [0.4, 0.5) is 8.78 Å². The van der Waals surface area contributed by atoms with Crippen molar-refractivity contribution in [3.05, 3.63) is 29.3 Å². The number of nitrogens with one attached hydrogen (secondary N) is 1. The van der Waals surface area contributed by atoms with Gasteiger partial charge < -0.3 is 5.73 Å². The Balaban J connectivity index is 3.18. The predicted molar refractivity (Wildman–Crippen MR) is 73.6 cm³/mol. The molecular weight excluding hydrogens is 286 g/mol. The molecule has 0 radical (unpaired) electrons. The van der Waals surface area contributed by atoms with Crippen LogP contribution >= 0.6 is 0 Å². The Kier molecular flexibility index (Phi) is 6.04. The van der Waals surface area contributed by atoms with Crippen LogP contribution in [-0.4, -0.2) is 14.5 Å². The number of sulfonamides is 1. The van der Waals surface area contributed by atoms with Gasteiger partial charge in [-0.15, -0.1) is 0 Å². The molecule has 4 nitrogen and oxygen atoms in total. The molecule has 0 aliphatic carbocycles. The largest absolute Gasteiger partial charge is 0.326 e. The maximum Gasteiger partial charge on any atom is 0.243 e. The van der Waals surface area contributed by atoms with E-state index in [1.165, 1.54) is 0 Å². The molecule has 1 unspecified atom stereocenters. The van der Waals surface area contributed by atoms with E-state index >= 15 is 0 Å². The number of hydrogen-bond acceptors (Lipinski definition) is 3. The summed E-state index contributed by atoms with van der Waals surface area (Å²) in [6, 6.07) is 1.67. The normalized spacial score (nSPS) is 13.4. The Hall–Kier alpha value is -1.05. The highest BCUT2D eigenvalue weighted by Gasteiger charge is 2.25. The summed E-state index contributed by atoms with van der Waals surface area (Å²) < 4.78 is 53.8. The van der Waals surface area contributed by atoms with Crippen LogP contribution in [0.2, 0.25) is 0 Å². The Morgan fingerprint density at radius 1 is 1.30 bits per heavy atom. The Bertz CT molecular complexity index is 562. The van der Waals surface area contributed by atoms with Gasteiger partial charge in [-0.3, -0.25) is 0 Å². The summed E-state index contributed by atoms with van der Waals surface area (Å²) in [5.41, 5.74) is 5.58. The lowest BCUT2D eigenvalue weighted by Crippen LogP contribution is -2.35. The van der Waals surface area contributed by atoms with Crippen LogP contribution in [0.25, 0.3) is 0 Å². The molecule has 7 heteroatoms. The standard InChI is InChI=1S/C13H20F2N2O2S/c1-3-5-10(4-2)17-20(18,19)12-7-9(8-16)6-11(14)13(12)15/h6-7,10,17H,3-5,8,16H2,1-2H3. The molecule has 114 valence electrons. The van der Waals surface area contributed by atoms with Gasteiger partial charge in [0.1, 0.15) is 4.90 Å². The van der Waals surface area contributed by atoms with Gasteiger partial charge in [0.15, 0.2) is 11.6 Å². The second-order valence-electron chi connectivity index (χ2n) is 4.61. The van der Waals surface area contributed by atoms with Crippen LogP contribution in [0.1, 0.15) is 38.7 Å². The van der Waals surface area contributed by atoms with Gasteiger partial charge in [0, 0.05) is 12.6 Å². The minimum Gasteiger partial charge on any atom is -0.326 e. The fourth-order valence-electron chi connectivity index (χ4n) is 1.91. The van der Waals surface area contributed by atoms with E-state index in [-0.39, 0.29) is 18.2 Å². The highest BCUT2D eigenvalue weighted by Crippen LogP contribution is 2.20. The zero-order valence-corrected chi connectivity index (χ0v) is 12.4. The third-order valence-electron chi connectivity index (χ3n) is 3.03. The molecule has 0 fully saturated rings. The SMILES string of the molecule is CCCC(CC)NS(=O)(=O)c1cc(CN)cc(F)c1F. The first-order chi connectivity index (χ1) is 9.35. The summed E-state index contributed by atoms with van der Waals surface area (Å²) in [5.74, 6) is -2.59. The van der Waals surface area contributed by atoms with Gasteiger partial charge in [-0.1, -0.05) is 20.3 Å². The number of hydrogen-bond donors (Lipinski definition) is 2. The molecule has 0 spiro atoms. The number of halogens is 2. The molecule has 1 rings (SSSR count). The first-order valence-corrected chi connectivity index (χ1v) is 8.04. The van der Waals surface area contributed by atoms with Gasteiger partial charge in [-0.05, 0) is 30.5 Å². The van der Waals surface area contributed by atoms with Gasteiger partial charge in [0.05, 0.1) is 0 Å². The van der Waals surface area contributed by atoms with Crippen LogP contribution in [0.5, 0.6) is 0 Å². The molecule has 0 heterocycles. The molecular formula is C13H20F2N2O2S. The average Bonchev–Trinajstić information content (AvgIpc) is 2.40. The third kappa shape index (κ3) is 3.97. The maximum absolute atomic E-state index is 13.7. The van der Waals surface area contributed by atoms with E-state index in [0.717, 1.165) is 18.6 Å². The molecule has 0 amide bonds. The lowest BCUT2D eigenvalue weighted by Gasteiger charge is -2.17. The first-order valence-electron chi connectivity index (χ1n) is 6.56. The van der Waals surface area contributed by atoms with Crippen molar-refractivity contribution < 1.29 is 17.2 Å². The van der Waals surface area contributed by atoms with E-state index < -0.39 is 26.6 Å². The minimum atomic E-state index is -4.10. The molecule has 0 saturated heterocycles. The van der Waals surface area contributed by atoms with Crippen LogP contribution in [0.3, 0.4) is 0 Å². The Morgan fingerprint density at radius 2 is 1.95 bits per heavy atom. The summed E-state index contributed by atoms with van der Waals surface area (Å²) in [5, 5.41) is 0. The number of benzene rings is 1. The van der Waals surface area contributed by atoms with Crippen molar-refractivity contribution in [3.8, 4) is 0 Å². The highest BCUT2D eigenvalue weighted by atomic mass is 32.2. The molecule has 20 heavy (non-hydrogen) atoms. The molecule has 0 saturated carbocycles. The van der Waals surface area contributed by atoms with E-state index in [0.29, 0.717) is 12.8 Å². The van der Waals surface area contributed by atoms with Gasteiger partial charge in [-0.2, -0.15) is 0 Å². The van der Waals surface area contributed by atoms with Crippen LogP contribution in [0, 0.1) is 11.6 Å². The van der Waals surface area contributed by atoms with Crippen molar-refractivity contribution in [1.29, 1.82) is 0 Å². The minimum absolute atomic E-state index is 0.0636. The van der Waals surface area contributed by atoms with Crippen LogP contribution in [0.15, 0.2) is 17.0 Å². The van der Waals surface area contributed by atoms with Crippen LogP contribution < -0.4 is 10.5 Å². The van der Waals surface area contributed by atoms with Gasteiger partial charge in [0.2, 0.25) is 10.0 Å². The highest BCUT2D eigenvalue weighted by molar-refractivity contribution is 7.89. The summed E-state index contributed by atoms with van der Waals surface area (Å²) in [6.07, 6.45) is 2.00. The van der Waals surface area contributed by atoms with Crippen molar-refractivity contribution in [2.45, 2.75) is 50.6 Å². The Morgan fingerprint density at radius 3 is 2.45 bits per heavy atom. The van der Waals surface area contributed by atoms with Gasteiger partial charge >= 0.3 is 0 Å². The fraction of sp³-hybridized carbons (Fsp3) is 0.538. The van der Waals surface area contributed by atoms with E-state index in [1.54, 1.807) is 0 Å². The molecule has 1 aromatic rings. The van der Waals surface area contributed by atoms with E-state index in [4.69, 9.17) is 5.73 Å². The van der Waals surface area contributed by atoms with E-state index in [2.05, 4.69) is 4.72 Å². The van der Waals surface area contributed by atoms with Crippen molar-refractivity contribution in [1.82, 2.24) is 4.72 Å². The van der Waals surface area contributed by atoms with Gasteiger partial charge in [-0.25, -0.2) is 21.9 Å². The topological polar surface area (TPSA) is 72.2 Å². The van der Waals surface area contributed by atoms with Crippen molar-refractivity contribution in [3.63, 3.8) is 0 Å². The quantitative estimate of drug-likeness (QED) is 0.812. The maximum atomic E-state index is 13.7. The third-order valence-corrected chi connectivity index (χ3v) is 4.55. The van der Waals surface area contributed by atoms with Crippen molar-refractivity contribution >= 4 is 10.0 Å². The number of nitrogens with two attached hydrogens (primary N) is 1. The summed E-state index contributed by atoms with van der Waals surface area (Å²) in [4.78, 5) is -0.687. The molecule has 0 aliphatic rings. The smallest absolute Gasteiger partial charge is 0.243 e. The van der Waals surface area contributed by atoms with Gasteiger partial charge in [0.25, 0.3) is 0 Å². The molecule has 1 atom stereocenters. The monoisotopic (exact) mass is 306 g/mol. The molecule has 3 N–H and O–H groups in total. The van der Waals surface area contributed by atoms with E-state index in [9.17, 15) is 17.2 Å². The second kappa shape index (κ2) is 7.10. The molecule has 0 aliphatic heterocycles. The molecule has 1 aromatic carbocycles. The zero-order valence-electron chi connectivity index (χ0n) is 11.6. The van der Waals surface area contributed by atoms with Crippen LogP contribution in [-0.2, 0) is 16.6 Å².